The SMILES string of the molecule is CCC[C@@H](C)O[C@@H]1CO[C@H]2[C@@H]1OC[C@H]2OC. The van der Waals surface area contributed by atoms with Crippen LogP contribution in [0.4, 0.5) is 0 Å². The third-order valence-corrected chi connectivity index (χ3v) is 3.37. The van der Waals surface area contributed by atoms with E-state index in [4.69, 9.17) is 18.9 Å². The van der Waals surface area contributed by atoms with Gasteiger partial charge in [0.05, 0.1) is 19.3 Å². The Kier molecular flexibility index (Phi) is 4.19. The van der Waals surface area contributed by atoms with Gasteiger partial charge in [-0.25, -0.2) is 0 Å². The molecule has 0 spiro atoms. The summed E-state index contributed by atoms with van der Waals surface area (Å²) in [5, 5.41) is 0. The molecule has 0 aromatic carbocycles. The smallest absolute Gasteiger partial charge is 0.115 e. The molecule has 0 amide bonds. The first-order valence-electron chi connectivity index (χ1n) is 6.17. The second-order valence-corrected chi connectivity index (χ2v) is 4.64. The maximum absolute atomic E-state index is 5.95. The fourth-order valence-corrected chi connectivity index (χ4v) is 2.52. The van der Waals surface area contributed by atoms with Gasteiger partial charge in [-0.15, -0.1) is 0 Å². The Bertz CT molecular complexity index is 221. The molecule has 4 nitrogen and oxygen atoms in total. The van der Waals surface area contributed by atoms with Crippen LogP contribution in [-0.2, 0) is 18.9 Å². The van der Waals surface area contributed by atoms with E-state index in [1.165, 1.54) is 0 Å². The Hall–Kier alpha value is -0.160. The number of ether oxygens (including phenoxy) is 4. The first-order chi connectivity index (χ1) is 7.76. The Balaban J connectivity index is 1.85. The van der Waals surface area contributed by atoms with Crippen LogP contribution in [0.15, 0.2) is 0 Å². The third kappa shape index (κ3) is 2.40. The highest BCUT2D eigenvalue weighted by Gasteiger charge is 2.48. The van der Waals surface area contributed by atoms with Crippen molar-refractivity contribution in [3.8, 4) is 0 Å². The van der Waals surface area contributed by atoms with E-state index in [1.54, 1.807) is 7.11 Å². The van der Waals surface area contributed by atoms with E-state index in [0.717, 1.165) is 12.8 Å². The van der Waals surface area contributed by atoms with Crippen LogP contribution < -0.4 is 0 Å². The molecule has 5 atom stereocenters. The number of hydrogen-bond donors (Lipinski definition) is 0. The van der Waals surface area contributed by atoms with E-state index in [-0.39, 0.29) is 30.5 Å². The highest BCUT2D eigenvalue weighted by atomic mass is 16.6. The maximum atomic E-state index is 5.95. The minimum Gasteiger partial charge on any atom is -0.376 e. The molecule has 2 heterocycles. The minimum absolute atomic E-state index is 0.0591. The molecule has 0 aromatic rings. The zero-order valence-corrected chi connectivity index (χ0v) is 10.3. The molecule has 0 aromatic heterocycles. The molecule has 2 aliphatic rings. The van der Waals surface area contributed by atoms with E-state index in [0.29, 0.717) is 13.2 Å². The van der Waals surface area contributed by atoms with E-state index in [1.807, 2.05) is 0 Å². The number of methoxy groups -OCH3 is 1. The predicted molar refractivity (Wildman–Crippen MR) is 59.5 cm³/mol. The van der Waals surface area contributed by atoms with Gasteiger partial charge < -0.3 is 18.9 Å². The maximum Gasteiger partial charge on any atom is 0.115 e. The molecule has 0 aliphatic carbocycles. The summed E-state index contributed by atoms with van der Waals surface area (Å²) >= 11 is 0. The summed E-state index contributed by atoms with van der Waals surface area (Å²) in [7, 11) is 1.70. The van der Waals surface area contributed by atoms with Crippen molar-refractivity contribution >= 4 is 0 Å². The lowest BCUT2D eigenvalue weighted by Gasteiger charge is -2.21. The second kappa shape index (κ2) is 5.45. The molecule has 0 radical (unpaired) electrons. The molecule has 0 bridgehead atoms. The Morgan fingerprint density at radius 2 is 1.81 bits per heavy atom. The normalized spacial score (nSPS) is 39.9. The van der Waals surface area contributed by atoms with Gasteiger partial charge in [0.25, 0.3) is 0 Å². The highest BCUT2D eigenvalue weighted by molar-refractivity contribution is 4.95. The molecule has 94 valence electrons. The lowest BCUT2D eigenvalue weighted by Crippen LogP contribution is -2.35. The summed E-state index contributed by atoms with van der Waals surface area (Å²) in [6.45, 7) is 5.53. The van der Waals surface area contributed by atoms with Gasteiger partial charge in [0.15, 0.2) is 0 Å². The van der Waals surface area contributed by atoms with Crippen LogP contribution in [0, 0.1) is 0 Å². The van der Waals surface area contributed by atoms with Gasteiger partial charge >= 0.3 is 0 Å². The molecule has 16 heavy (non-hydrogen) atoms. The fourth-order valence-electron chi connectivity index (χ4n) is 2.52. The topological polar surface area (TPSA) is 36.9 Å². The van der Waals surface area contributed by atoms with Gasteiger partial charge in [0.2, 0.25) is 0 Å². The van der Waals surface area contributed by atoms with E-state index >= 15 is 0 Å². The number of rotatable bonds is 5. The molecule has 0 saturated carbocycles. The van der Waals surface area contributed by atoms with Crippen molar-refractivity contribution < 1.29 is 18.9 Å². The van der Waals surface area contributed by atoms with Crippen LogP contribution in [0.25, 0.3) is 0 Å². The van der Waals surface area contributed by atoms with Gasteiger partial charge in [0.1, 0.15) is 24.4 Å². The van der Waals surface area contributed by atoms with Gasteiger partial charge in [-0.05, 0) is 13.3 Å². The standard InChI is InChI=1S/C12H22O4/c1-4-5-8(2)16-10-7-15-11-9(13-3)6-14-12(10)11/h8-12H,4-7H2,1-3H3/t8-,9-,10-,11-,12-/m1/s1. The Morgan fingerprint density at radius 3 is 2.44 bits per heavy atom. The van der Waals surface area contributed by atoms with Crippen LogP contribution >= 0.6 is 0 Å². The Labute approximate surface area is 97.2 Å². The van der Waals surface area contributed by atoms with Crippen molar-refractivity contribution in [3.63, 3.8) is 0 Å². The molecule has 2 aliphatic heterocycles. The van der Waals surface area contributed by atoms with Crippen molar-refractivity contribution in [2.24, 2.45) is 0 Å². The van der Waals surface area contributed by atoms with Crippen LogP contribution in [-0.4, -0.2) is 50.8 Å². The summed E-state index contributed by atoms with van der Waals surface area (Å²) in [6.07, 6.45) is 2.77. The molecule has 2 rings (SSSR count). The largest absolute Gasteiger partial charge is 0.376 e. The quantitative estimate of drug-likeness (QED) is 0.715. The van der Waals surface area contributed by atoms with Gasteiger partial charge in [0, 0.05) is 7.11 Å². The summed E-state index contributed by atoms with van der Waals surface area (Å²) in [5.41, 5.74) is 0. The van der Waals surface area contributed by atoms with Crippen LogP contribution in [0.1, 0.15) is 26.7 Å². The highest BCUT2D eigenvalue weighted by Crippen LogP contribution is 2.30. The first-order valence-corrected chi connectivity index (χ1v) is 6.17. The molecular weight excluding hydrogens is 208 g/mol. The number of hydrogen-bond acceptors (Lipinski definition) is 4. The van der Waals surface area contributed by atoms with Crippen molar-refractivity contribution in [1.82, 2.24) is 0 Å². The zero-order chi connectivity index (χ0) is 11.5. The minimum atomic E-state index is 0.0591. The van der Waals surface area contributed by atoms with Gasteiger partial charge in [-0.1, -0.05) is 13.3 Å². The molecule has 0 N–H and O–H groups in total. The second-order valence-electron chi connectivity index (χ2n) is 4.64. The monoisotopic (exact) mass is 230 g/mol. The first kappa shape index (κ1) is 12.3. The van der Waals surface area contributed by atoms with Crippen LogP contribution in [0.3, 0.4) is 0 Å². The van der Waals surface area contributed by atoms with Crippen LogP contribution in [0.5, 0.6) is 0 Å². The van der Waals surface area contributed by atoms with Gasteiger partial charge in [-0.2, -0.15) is 0 Å². The fraction of sp³-hybridized carbons (Fsp3) is 1.00. The van der Waals surface area contributed by atoms with Gasteiger partial charge in [-0.3, -0.25) is 0 Å². The zero-order valence-electron chi connectivity index (χ0n) is 10.3. The van der Waals surface area contributed by atoms with Crippen molar-refractivity contribution in [2.45, 2.75) is 57.2 Å². The summed E-state index contributed by atoms with van der Waals surface area (Å²) in [6, 6.07) is 0. The van der Waals surface area contributed by atoms with E-state index in [9.17, 15) is 0 Å². The number of fused-ring (bicyclic) bond motifs is 1. The lowest BCUT2D eigenvalue weighted by atomic mass is 10.1. The lowest BCUT2D eigenvalue weighted by molar-refractivity contribution is -0.0702. The predicted octanol–water partition coefficient (Wildman–Crippen LogP) is 1.37. The summed E-state index contributed by atoms with van der Waals surface area (Å²) in [4.78, 5) is 0. The van der Waals surface area contributed by atoms with Crippen molar-refractivity contribution in [2.75, 3.05) is 20.3 Å². The average Bonchev–Trinajstić information content (AvgIpc) is 2.81. The summed E-state index contributed by atoms with van der Waals surface area (Å²) < 4.78 is 22.7. The Morgan fingerprint density at radius 1 is 1.19 bits per heavy atom. The van der Waals surface area contributed by atoms with Crippen LogP contribution in [0.2, 0.25) is 0 Å². The third-order valence-electron chi connectivity index (χ3n) is 3.37. The van der Waals surface area contributed by atoms with E-state index in [2.05, 4.69) is 13.8 Å². The van der Waals surface area contributed by atoms with E-state index < -0.39 is 0 Å². The average molecular weight is 230 g/mol. The summed E-state index contributed by atoms with van der Waals surface area (Å²) in [5.74, 6) is 0. The van der Waals surface area contributed by atoms with Crippen molar-refractivity contribution in [3.05, 3.63) is 0 Å². The molecule has 2 saturated heterocycles. The van der Waals surface area contributed by atoms with Crippen molar-refractivity contribution in [1.29, 1.82) is 0 Å². The molecule has 4 heteroatoms. The molecular formula is C12H22O4. The molecule has 2 fully saturated rings. The molecule has 0 unspecified atom stereocenters.